The van der Waals surface area contributed by atoms with Gasteiger partial charge in [0.1, 0.15) is 0 Å². The van der Waals surface area contributed by atoms with E-state index in [0.717, 1.165) is 25.5 Å². The fourth-order valence-corrected chi connectivity index (χ4v) is 3.11. The number of likely N-dealkylation sites (N-methyl/N-ethyl adjacent to an activating group) is 1. The summed E-state index contributed by atoms with van der Waals surface area (Å²) in [6.07, 6.45) is 4.03. The van der Waals surface area contributed by atoms with Crippen molar-refractivity contribution in [2.24, 2.45) is 5.92 Å². The van der Waals surface area contributed by atoms with E-state index in [-0.39, 0.29) is 0 Å². The molecule has 0 aromatic heterocycles. The molecule has 2 atom stereocenters. The highest BCUT2D eigenvalue weighted by Crippen LogP contribution is 2.36. The van der Waals surface area contributed by atoms with E-state index in [1.165, 1.54) is 22.9 Å². The summed E-state index contributed by atoms with van der Waals surface area (Å²) < 4.78 is 7.21. The number of ether oxygens (including phenoxy) is 1. The van der Waals surface area contributed by atoms with Gasteiger partial charge < -0.3 is 10.1 Å². The predicted octanol–water partition coefficient (Wildman–Crippen LogP) is 3.78. The Labute approximate surface area is 125 Å². The number of nitrogens with one attached hydrogen (secondary N) is 1. The summed E-state index contributed by atoms with van der Waals surface area (Å²) in [4.78, 5) is 0. The molecule has 1 N–H and O–H groups in total. The molecule has 1 aromatic carbocycles. The van der Waals surface area contributed by atoms with Gasteiger partial charge in [-0.05, 0) is 50.3 Å². The van der Waals surface area contributed by atoms with E-state index in [4.69, 9.17) is 4.74 Å². The van der Waals surface area contributed by atoms with Crippen LogP contribution in [0.4, 0.5) is 0 Å². The van der Waals surface area contributed by atoms with Gasteiger partial charge in [0.25, 0.3) is 0 Å². The lowest BCUT2D eigenvalue weighted by atomic mass is 9.98. The first kappa shape index (κ1) is 15.0. The molecule has 0 bridgehead atoms. The van der Waals surface area contributed by atoms with Crippen molar-refractivity contribution in [2.75, 3.05) is 13.2 Å². The Morgan fingerprint density at radius 1 is 1.32 bits per heavy atom. The molecule has 106 valence electrons. The minimum absolute atomic E-state index is 0.358. The fraction of sp³-hybridized carbons (Fsp3) is 0.625. The van der Waals surface area contributed by atoms with Crippen LogP contribution >= 0.6 is 15.9 Å². The number of hydrogen-bond acceptors (Lipinski definition) is 2. The van der Waals surface area contributed by atoms with Crippen molar-refractivity contribution >= 4 is 15.9 Å². The standard InChI is InChI=1S/C16H24BrNO/c1-3-18-15(16(19-4-2)12-9-10-12)11-13-7-5-6-8-14(13)17/h5-8,12,15-16,18H,3-4,9-11H2,1-2H3. The third kappa shape index (κ3) is 4.30. The van der Waals surface area contributed by atoms with E-state index in [9.17, 15) is 0 Å². The van der Waals surface area contributed by atoms with E-state index < -0.39 is 0 Å². The van der Waals surface area contributed by atoms with E-state index in [0.29, 0.717) is 12.1 Å². The summed E-state index contributed by atoms with van der Waals surface area (Å²) in [6.45, 7) is 6.06. The van der Waals surface area contributed by atoms with Crippen molar-refractivity contribution in [2.45, 2.75) is 45.3 Å². The van der Waals surface area contributed by atoms with Crippen LogP contribution in [0.3, 0.4) is 0 Å². The quantitative estimate of drug-likeness (QED) is 0.785. The second-order valence-electron chi connectivity index (χ2n) is 5.22. The molecule has 19 heavy (non-hydrogen) atoms. The van der Waals surface area contributed by atoms with Crippen LogP contribution in [-0.4, -0.2) is 25.3 Å². The van der Waals surface area contributed by atoms with Crippen molar-refractivity contribution in [3.05, 3.63) is 34.3 Å². The maximum Gasteiger partial charge on any atom is 0.0759 e. The third-order valence-electron chi connectivity index (χ3n) is 3.71. The fourth-order valence-electron chi connectivity index (χ4n) is 2.67. The minimum atomic E-state index is 0.358. The molecule has 2 rings (SSSR count). The number of halogens is 1. The van der Waals surface area contributed by atoms with Crippen molar-refractivity contribution in [1.29, 1.82) is 0 Å². The molecule has 0 amide bonds. The average molecular weight is 326 g/mol. The Morgan fingerprint density at radius 2 is 2.05 bits per heavy atom. The summed E-state index contributed by atoms with van der Waals surface area (Å²) in [5, 5.41) is 3.62. The molecule has 2 unspecified atom stereocenters. The van der Waals surface area contributed by atoms with Gasteiger partial charge >= 0.3 is 0 Å². The van der Waals surface area contributed by atoms with Crippen LogP contribution in [0, 0.1) is 5.92 Å². The molecule has 0 heterocycles. The summed E-state index contributed by atoms with van der Waals surface area (Å²) in [6, 6.07) is 8.90. The molecule has 2 nitrogen and oxygen atoms in total. The molecule has 0 aliphatic heterocycles. The second kappa shape index (κ2) is 7.41. The van der Waals surface area contributed by atoms with Crippen LogP contribution in [-0.2, 0) is 11.2 Å². The maximum atomic E-state index is 6.01. The van der Waals surface area contributed by atoms with E-state index in [1.54, 1.807) is 0 Å². The van der Waals surface area contributed by atoms with Gasteiger partial charge in [-0.3, -0.25) is 0 Å². The molecule has 1 aromatic rings. The normalized spacial score (nSPS) is 18.3. The molecule has 1 fully saturated rings. The second-order valence-corrected chi connectivity index (χ2v) is 6.07. The van der Waals surface area contributed by atoms with E-state index >= 15 is 0 Å². The van der Waals surface area contributed by atoms with Gasteiger partial charge in [-0.2, -0.15) is 0 Å². The Bertz CT molecular complexity index is 392. The summed E-state index contributed by atoms with van der Waals surface area (Å²) in [7, 11) is 0. The van der Waals surface area contributed by atoms with Gasteiger partial charge in [-0.1, -0.05) is 41.1 Å². The lowest BCUT2D eigenvalue weighted by Gasteiger charge is -2.28. The number of hydrogen-bond donors (Lipinski definition) is 1. The smallest absolute Gasteiger partial charge is 0.0759 e. The average Bonchev–Trinajstić information content (AvgIpc) is 3.22. The molecule has 3 heteroatoms. The first-order chi connectivity index (χ1) is 9.26. The summed E-state index contributed by atoms with van der Waals surface area (Å²) in [5.74, 6) is 0.756. The minimum Gasteiger partial charge on any atom is -0.377 e. The van der Waals surface area contributed by atoms with Gasteiger partial charge in [0, 0.05) is 17.1 Å². The zero-order valence-corrected chi connectivity index (χ0v) is 13.4. The third-order valence-corrected chi connectivity index (χ3v) is 4.48. The van der Waals surface area contributed by atoms with Crippen molar-refractivity contribution in [3.63, 3.8) is 0 Å². The van der Waals surface area contributed by atoms with Crippen LogP contribution in [0.15, 0.2) is 28.7 Å². The highest BCUT2D eigenvalue weighted by atomic mass is 79.9. The molecule has 0 spiro atoms. The SMILES string of the molecule is CCNC(Cc1ccccc1Br)C(OCC)C1CC1. The first-order valence-corrected chi connectivity index (χ1v) is 8.14. The Balaban J connectivity index is 2.08. The predicted molar refractivity (Wildman–Crippen MR) is 83.4 cm³/mol. The number of rotatable bonds is 8. The summed E-state index contributed by atoms with van der Waals surface area (Å²) >= 11 is 3.65. The van der Waals surface area contributed by atoms with Gasteiger partial charge in [0.2, 0.25) is 0 Å². The Morgan fingerprint density at radius 3 is 2.63 bits per heavy atom. The van der Waals surface area contributed by atoms with Crippen molar-refractivity contribution in [3.8, 4) is 0 Å². The maximum absolute atomic E-state index is 6.01. The summed E-state index contributed by atoms with van der Waals surface area (Å²) in [5.41, 5.74) is 1.36. The molecule has 1 aliphatic rings. The first-order valence-electron chi connectivity index (χ1n) is 7.34. The molecular formula is C16H24BrNO. The van der Waals surface area contributed by atoms with Crippen molar-refractivity contribution in [1.82, 2.24) is 5.32 Å². The largest absolute Gasteiger partial charge is 0.377 e. The lowest BCUT2D eigenvalue weighted by Crippen LogP contribution is -2.44. The van der Waals surface area contributed by atoms with E-state index in [1.807, 2.05) is 0 Å². The van der Waals surface area contributed by atoms with Gasteiger partial charge in [0.15, 0.2) is 0 Å². The highest BCUT2D eigenvalue weighted by molar-refractivity contribution is 9.10. The van der Waals surface area contributed by atoms with Crippen LogP contribution in [0.2, 0.25) is 0 Å². The lowest BCUT2D eigenvalue weighted by molar-refractivity contribution is 0.0195. The van der Waals surface area contributed by atoms with Gasteiger partial charge in [-0.25, -0.2) is 0 Å². The van der Waals surface area contributed by atoms with Gasteiger partial charge in [0.05, 0.1) is 6.10 Å². The van der Waals surface area contributed by atoms with Crippen LogP contribution in [0.25, 0.3) is 0 Å². The topological polar surface area (TPSA) is 21.3 Å². The van der Waals surface area contributed by atoms with Crippen LogP contribution < -0.4 is 5.32 Å². The molecule has 1 saturated carbocycles. The molecule has 1 aliphatic carbocycles. The zero-order chi connectivity index (χ0) is 13.7. The van der Waals surface area contributed by atoms with Crippen LogP contribution in [0.1, 0.15) is 32.3 Å². The van der Waals surface area contributed by atoms with Gasteiger partial charge in [-0.15, -0.1) is 0 Å². The molecular weight excluding hydrogens is 302 g/mol. The monoisotopic (exact) mass is 325 g/mol. The van der Waals surface area contributed by atoms with Crippen LogP contribution in [0.5, 0.6) is 0 Å². The number of benzene rings is 1. The van der Waals surface area contributed by atoms with Crippen molar-refractivity contribution < 1.29 is 4.74 Å². The molecule has 0 saturated heterocycles. The Kier molecular flexibility index (Phi) is 5.86. The molecule has 0 radical (unpaired) electrons. The zero-order valence-electron chi connectivity index (χ0n) is 11.9. The Hall–Kier alpha value is -0.380. The highest BCUT2D eigenvalue weighted by Gasteiger charge is 2.37. The van der Waals surface area contributed by atoms with E-state index in [2.05, 4.69) is 59.4 Å².